The molecule has 2 atom stereocenters. The molecule has 2 N–H and O–H groups in total. The van der Waals surface area contributed by atoms with Crippen LogP contribution in [0.15, 0.2) is 11.3 Å². The van der Waals surface area contributed by atoms with Crippen LogP contribution in [-0.4, -0.2) is 90.8 Å². The number of hydrogen-bond donors (Lipinski definition) is 2. The second kappa shape index (κ2) is 11.3. The SMILES string of the molecule is CCc1nncn1CCNC(=NCC(C)N1CCOCC1)NCC1CCOC1. The molecule has 2 aliphatic heterocycles. The molecule has 9 heteroatoms. The van der Waals surface area contributed by atoms with Gasteiger partial charge in [-0.25, -0.2) is 0 Å². The molecule has 0 aromatic carbocycles. The lowest BCUT2D eigenvalue weighted by Crippen LogP contribution is -2.45. The lowest BCUT2D eigenvalue weighted by Gasteiger charge is -2.31. The average molecular weight is 394 g/mol. The fraction of sp³-hybridized carbons (Fsp3) is 0.842. The van der Waals surface area contributed by atoms with E-state index in [1.807, 2.05) is 0 Å². The van der Waals surface area contributed by atoms with E-state index in [0.29, 0.717) is 12.0 Å². The molecule has 3 heterocycles. The molecular weight excluding hydrogens is 358 g/mol. The summed E-state index contributed by atoms with van der Waals surface area (Å²) in [6.07, 6.45) is 3.80. The summed E-state index contributed by atoms with van der Waals surface area (Å²) >= 11 is 0. The highest BCUT2D eigenvalue weighted by molar-refractivity contribution is 5.79. The zero-order valence-electron chi connectivity index (χ0n) is 17.3. The van der Waals surface area contributed by atoms with E-state index in [1.165, 1.54) is 0 Å². The molecule has 28 heavy (non-hydrogen) atoms. The molecule has 1 aromatic rings. The minimum atomic E-state index is 0.404. The lowest BCUT2D eigenvalue weighted by atomic mass is 10.1. The Balaban J connectivity index is 1.50. The fourth-order valence-electron chi connectivity index (χ4n) is 3.55. The Bertz CT molecular complexity index is 595. The van der Waals surface area contributed by atoms with Crippen molar-refractivity contribution in [2.75, 3.05) is 59.2 Å². The first-order valence-electron chi connectivity index (χ1n) is 10.5. The highest BCUT2D eigenvalue weighted by atomic mass is 16.5. The predicted molar refractivity (Wildman–Crippen MR) is 108 cm³/mol. The zero-order valence-corrected chi connectivity index (χ0v) is 17.3. The molecular formula is C19H35N7O2. The number of rotatable bonds is 9. The third-order valence-corrected chi connectivity index (χ3v) is 5.42. The quantitative estimate of drug-likeness (QED) is 0.455. The van der Waals surface area contributed by atoms with E-state index in [1.54, 1.807) is 6.33 Å². The fourth-order valence-corrected chi connectivity index (χ4v) is 3.55. The Kier molecular flexibility index (Phi) is 8.50. The first kappa shape index (κ1) is 21.0. The number of morpholine rings is 1. The van der Waals surface area contributed by atoms with Gasteiger partial charge in [-0.15, -0.1) is 10.2 Å². The molecule has 0 bridgehead atoms. The molecule has 2 unspecified atom stereocenters. The van der Waals surface area contributed by atoms with Gasteiger partial charge < -0.3 is 24.7 Å². The number of nitrogens with zero attached hydrogens (tertiary/aromatic N) is 5. The third-order valence-electron chi connectivity index (χ3n) is 5.42. The van der Waals surface area contributed by atoms with Crippen molar-refractivity contribution in [2.24, 2.45) is 10.9 Å². The molecule has 0 spiro atoms. The molecule has 9 nitrogen and oxygen atoms in total. The summed E-state index contributed by atoms with van der Waals surface area (Å²) in [6, 6.07) is 0.404. The predicted octanol–water partition coefficient (Wildman–Crippen LogP) is 0.133. The maximum atomic E-state index is 5.49. The molecule has 2 fully saturated rings. The Morgan fingerprint density at radius 3 is 2.89 bits per heavy atom. The highest BCUT2D eigenvalue weighted by Gasteiger charge is 2.18. The third kappa shape index (κ3) is 6.42. The minimum absolute atomic E-state index is 0.404. The Labute approximate surface area is 167 Å². The number of nitrogens with one attached hydrogen (secondary N) is 2. The van der Waals surface area contributed by atoms with Crippen LogP contribution in [0, 0.1) is 5.92 Å². The van der Waals surface area contributed by atoms with Gasteiger partial charge in [0.25, 0.3) is 0 Å². The molecule has 0 radical (unpaired) electrons. The van der Waals surface area contributed by atoms with Crippen molar-refractivity contribution in [1.82, 2.24) is 30.3 Å². The Hall–Kier alpha value is -1.71. The number of guanidine groups is 1. The topological polar surface area (TPSA) is 88.8 Å². The summed E-state index contributed by atoms with van der Waals surface area (Å²) in [5, 5.41) is 15.1. The van der Waals surface area contributed by atoms with Gasteiger partial charge in [-0.3, -0.25) is 9.89 Å². The maximum Gasteiger partial charge on any atom is 0.191 e. The van der Waals surface area contributed by atoms with Crippen molar-refractivity contribution >= 4 is 5.96 Å². The summed E-state index contributed by atoms with van der Waals surface area (Å²) in [6.45, 7) is 12.9. The Morgan fingerprint density at radius 1 is 1.29 bits per heavy atom. The van der Waals surface area contributed by atoms with Crippen LogP contribution in [0.4, 0.5) is 0 Å². The second-order valence-electron chi connectivity index (χ2n) is 7.52. The zero-order chi connectivity index (χ0) is 19.6. The first-order valence-corrected chi connectivity index (χ1v) is 10.5. The molecule has 2 aliphatic rings. The van der Waals surface area contributed by atoms with Crippen LogP contribution in [0.5, 0.6) is 0 Å². The van der Waals surface area contributed by atoms with E-state index in [0.717, 1.165) is 90.3 Å². The highest BCUT2D eigenvalue weighted by Crippen LogP contribution is 2.10. The van der Waals surface area contributed by atoms with Gasteiger partial charge in [-0.05, 0) is 13.3 Å². The van der Waals surface area contributed by atoms with Gasteiger partial charge in [-0.2, -0.15) is 0 Å². The normalized spacial score (nSPS) is 22.4. The van der Waals surface area contributed by atoms with E-state index < -0.39 is 0 Å². The van der Waals surface area contributed by atoms with Crippen LogP contribution >= 0.6 is 0 Å². The van der Waals surface area contributed by atoms with Crippen molar-refractivity contribution in [3.63, 3.8) is 0 Å². The van der Waals surface area contributed by atoms with Crippen molar-refractivity contribution in [1.29, 1.82) is 0 Å². The van der Waals surface area contributed by atoms with Crippen molar-refractivity contribution in [3.8, 4) is 0 Å². The molecule has 158 valence electrons. The minimum Gasteiger partial charge on any atom is -0.381 e. The van der Waals surface area contributed by atoms with Gasteiger partial charge >= 0.3 is 0 Å². The van der Waals surface area contributed by atoms with Gasteiger partial charge in [0, 0.05) is 57.7 Å². The van der Waals surface area contributed by atoms with Gasteiger partial charge in [0.2, 0.25) is 0 Å². The molecule has 0 aliphatic carbocycles. The van der Waals surface area contributed by atoms with Crippen LogP contribution in [-0.2, 0) is 22.4 Å². The van der Waals surface area contributed by atoms with Crippen LogP contribution in [0.3, 0.4) is 0 Å². The molecule has 0 amide bonds. The number of hydrogen-bond acceptors (Lipinski definition) is 6. The Morgan fingerprint density at radius 2 is 2.14 bits per heavy atom. The van der Waals surface area contributed by atoms with E-state index in [2.05, 4.69) is 44.1 Å². The van der Waals surface area contributed by atoms with Crippen molar-refractivity contribution < 1.29 is 9.47 Å². The summed E-state index contributed by atoms with van der Waals surface area (Å²) in [7, 11) is 0. The number of aryl methyl sites for hydroxylation is 1. The van der Waals surface area contributed by atoms with E-state index >= 15 is 0 Å². The molecule has 1 aromatic heterocycles. The summed E-state index contributed by atoms with van der Waals surface area (Å²) in [5.74, 6) is 2.45. The van der Waals surface area contributed by atoms with Crippen molar-refractivity contribution in [3.05, 3.63) is 12.2 Å². The molecule has 0 saturated carbocycles. The molecule has 3 rings (SSSR count). The van der Waals surface area contributed by atoms with Crippen LogP contribution in [0.1, 0.15) is 26.1 Å². The largest absolute Gasteiger partial charge is 0.381 e. The van der Waals surface area contributed by atoms with E-state index in [-0.39, 0.29) is 0 Å². The number of ether oxygens (including phenoxy) is 2. The van der Waals surface area contributed by atoms with Gasteiger partial charge in [-0.1, -0.05) is 6.92 Å². The lowest BCUT2D eigenvalue weighted by molar-refractivity contribution is 0.0220. The number of aromatic nitrogens is 3. The van der Waals surface area contributed by atoms with E-state index in [9.17, 15) is 0 Å². The van der Waals surface area contributed by atoms with E-state index in [4.69, 9.17) is 14.5 Å². The smallest absolute Gasteiger partial charge is 0.191 e. The van der Waals surface area contributed by atoms with Gasteiger partial charge in [0.15, 0.2) is 5.96 Å². The first-order chi connectivity index (χ1) is 13.8. The van der Waals surface area contributed by atoms with Crippen molar-refractivity contribution in [2.45, 2.75) is 39.3 Å². The summed E-state index contributed by atoms with van der Waals surface area (Å²) < 4.78 is 13.0. The standard InChI is InChI=1S/C19H35N7O2/c1-3-18-24-23-15-26(18)6-5-20-19(22-13-17-4-9-28-14-17)21-12-16(2)25-7-10-27-11-8-25/h15-17H,3-14H2,1-2H3,(H2,20,21,22). The maximum absolute atomic E-state index is 5.49. The average Bonchev–Trinajstić information content (AvgIpc) is 3.41. The summed E-state index contributed by atoms with van der Waals surface area (Å²) in [5.41, 5.74) is 0. The monoisotopic (exact) mass is 393 g/mol. The van der Waals surface area contributed by atoms with Crippen LogP contribution < -0.4 is 10.6 Å². The van der Waals surface area contributed by atoms with Gasteiger partial charge in [0.05, 0.1) is 26.4 Å². The molecule has 2 saturated heterocycles. The number of aliphatic imine (C=N–C) groups is 1. The second-order valence-corrected chi connectivity index (χ2v) is 7.52. The summed E-state index contributed by atoms with van der Waals surface area (Å²) in [4.78, 5) is 7.30. The van der Waals surface area contributed by atoms with Crippen LogP contribution in [0.25, 0.3) is 0 Å². The van der Waals surface area contributed by atoms with Crippen LogP contribution in [0.2, 0.25) is 0 Å². The van der Waals surface area contributed by atoms with Gasteiger partial charge in [0.1, 0.15) is 12.2 Å².